The van der Waals surface area contributed by atoms with Gasteiger partial charge in [0.1, 0.15) is 0 Å². The van der Waals surface area contributed by atoms with Crippen LogP contribution in [0.3, 0.4) is 0 Å². The van der Waals surface area contributed by atoms with Crippen LogP contribution < -0.4 is 5.32 Å². The lowest BCUT2D eigenvalue weighted by atomic mass is 9.55. The van der Waals surface area contributed by atoms with E-state index >= 15 is 0 Å². The summed E-state index contributed by atoms with van der Waals surface area (Å²) in [6, 6.07) is 9.11. The number of hydrogen-bond acceptors (Lipinski definition) is 4. The minimum atomic E-state index is -0.202. The quantitative estimate of drug-likeness (QED) is 0.643. The summed E-state index contributed by atoms with van der Waals surface area (Å²) in [5.74, 6) is 1.79. The van der Waals surface area contributed by atoms with E-state index < -0.39 is 0 Å². The zero-order valence-electron chi connectivity index (χ0n) is 18.8. The molecule has 3 aliphatic carbocycles. The molecule has 31 heavy (non-hydrogen) atoms. The lowest BCUT2D eigenvalue weighted by Crippen LogP contribution is -2.58. The van der Waals surface area contributed by atoms with E-state index in [9.17, 15) is 10.1 Å². The van der Waals surface area contributed by atoms with Gasteiger partial charge in [-0.05, 0) is 74.3 Å². The van der Waals surface area contributed by atoms with E-state index in [1.807, 2.05) is 20.0 Å². The number of likely N-dealkylation sites (tertiary alicyclic amines) is 1. The molecule has 5 atom stereocenters. The predicted octanol–water partition coefficient (Wildman–Crippen LogP) is 4.93. The molecule has 5 nitrogen and oxygen atoms in total. The Morgan fingerprint density at radius 2 is 2.13 bits per heavy atom. The van der Waals surface area contributed by atoms with E-state index in [0.29, 0.717) is 29.9 Å². The van der Waals surface area contributed by atoms with Gasteiger partial charge < -0.3 is 15.6 Å². The first-order valence-corrected chi connectivity index (χ1v) is 12.0. The predicted molar refractivity (Wildman–Crippen MR) is 122 cm³/mol. The van der Waals surface area contributed by atoms with Crippen molar-refractivity contribution in [3.63, 3.8) is 0 Å². The number of nitrogens with zero attached hydrogens (tertiary/aromatic N) is 2. The summed E-state index contributed by atoms with van der Waals surface area (Å²) in [4.78, 5) is 15.5. The normalized spacial score (nSPS) is 32.3. The van der Waals surface area contributed by atoms with Crippen molar-refractivity contribution in [2.75, 3.05) is 18.9 Å². The molecule has 4 aliphatic rings. The third-order valence-electron chi connectivity index (χ3n) is 8.57. The SMILES string of the molecule is CNc1cccc(C2CC2)c1C(=N)C(C)CC(=O)N1CC2CCC3(C#N)CC2CC1C3. The molecular weight excluding hydrogens is 384 g/mol. The number of anilines is 1. The van der Waals surface area contributed by atoms with Crippen molar-refractivity contribution in [3.8, 4) is 6.07 Å². The molecule has 5 rings (SSSR count). The van der Waals surface area contributed by atoms with Gasteiger partial charge in [-0.3, -0.25) is 4.79 Å². The highest BCUT2D eigenvalue weighted by molar-refractivity contribution is 6.07. The molecule has 0 radical (unpaired) electrons. The van der Waals surface area contributed by atoms with E-state index in [2.05, 4.69) is 28.4 Å². The van der Waals surface area contributed by atoms with Crippen LogP contribution in [0.5, 0.6) is 0 Å². The lowest BCUT2D eigenvalue weighted by molar-refractivity contribution is -0.144. The Morgan fingerprint density at radius 3 is 2.84 bits per heavy atom. The van der Waals surface area contributed by atoms with Crippen molar-refractivity contribution in [2.24, 2.45) is 23.2 Å². The molecule has 4 fully saturated rings. The number of carbonyl (C=O) groups is 1. The number of nitrogens with one attached hydrogen (secondary N) is 2. The van der Waals surface area contributed by atoms with Gasteiger partial charge in [-0.1, -0.05) is 19.1 Å². The number of fused-ring (bicyclic) bond motifs is 2. The first-order valence-electron chi connectivity index (χ1n) is 12.0. The Balaban J connectivity index is 1.33. The fourth-order valence-electron chi connectivity index (χ4n) is 6.69. The highest BCUT2D eigenvalue weighted by Crippen LogP contribution is 2.55. The zero-order valence-corrected chi connectivity index (χ0v) is 18.8. The van der Waals surface area contributed by atoms with Crippen molar-refractivity contribution < 1.29 is 4.79 Å². The molecule has 0 aromatic heterocycles. The number of hydrogen-bond donors (Lipinski definition) is 2. The number of rotatable bonds is 6. The zero-order chi connectivity index (χ0) is 21.8. The second-order valence-electron chi connectivity index (χ2n) is 10.6. The third-order valence-corrected chi connectivity index (χ3v) is 8.57. The van der Waals surface area contributed by atoms with Crippen molar-refractivity contribution in [2.45, 2.75) is 70.3 Å². The van der Waals surface area contributed by atoms with Gasteiger partial charge >= 0.3 is 0 Å². The van der Waals surface area contributed by atoms with Crippen LogP contribution in [0.25, 0.3) is 0 Å². The molecule has 0 spiro atoms. The second-order valence-corrected chi connectivity index (χ2v) is 10.6. The van der Waals surface area contributed by atoms with Crippen molar-refractivity contribution in [1.82, 2.24) is 4.90 Å². The van der Waals surface area contributed by atoms with Crippen LogP contribution in [0, 0.1) is 39.9 Å². The van der Waals surface area contributed by atoms with Gasteiger partial charge in [0, 0.05) is 48.9 Å². The van der Waals surface area contributed by atoms with Crippen molar-refractivity contribution in [1.29, 1.82) is 10.7 Å². The van der Waals surface area contributed by atoms with E-state index in [4.69, 9.17) is 5.41 Å². The van der Waals surface area contributed by atoms with Crippen LogP contribution in [0.2, 0.25) is 0 Å². The van der Waals surface area contributed by atoms with Gasteiger partial charge in [0.15, 0.2) is 0 Å². The molecule has 1 aromatic carbocycles. The number of piperidine rings is 1. The second kappa shape index (κ2) is 7.65. The average Bonchev–Trinajstić information content (AvgIpc) is 3.62. The maximum Gasteiger partial charge on any atom is 0.223 e. The summed E-state index contributed by atoms with van der Waals surface area (Å²) in [5, 5.41) is 22.1. The molecule has 1 heterocycles. The van der Waals surface area contributed by atoms with Crippen molar-refractivity contribution in [3.05, 3.63) is 29.3 Å². The van der Waals surface area contributed by atoms with Crippen LogP contribution in [-0.4, -0.2) is 36.2 Å². The number of benzene rings is 1. The summed E-state index contributed by atoms with van der Waals surface area (Å²) in [7, 11) is 1.91. The third kappa shape index (κ3) is 3.54. The van der Waals surface area contributed by atoms with E-state index in [1.165, 1.54) is 18.4 Å². The largest absolute Gasteiger partial charge is 0.388 e. The van der Waals surface area contributed by atoms with Gasteiger partial charge in [0.25, 0.3) is 0 Å². The Labute approximate surface area is 185 Å². The van der Waals surface area contributed by atoms with Crippen LogP contribution in [0.1, 0.15) is 75.3 Å². The smallest absolute Gasteiger partial charge is 0.223 e. The van der Waals surface area contributed by atoms with Gasteiger partial charge in [-0.2, -0.15) is 5.26 Å². The molecule has 164 valence electrons. The fraction of sp³-hybridized carbons (Fsp3) is 0.654. The molecule has 3 saturated carbocycles. The summed E-state index contributed by atoms with van der Waals surface area (Å²) < 4.78 is 0. The minimum Gasteiger partial charge on any atom is -0.388 e. The highest BCUT2D eigenvalue weighted by Gasteiger charge is 2.52. The van der Waals surface area contributed by atoms with Gasteiger partial charge in [0.2, 0.25) is 5.91 Å². The highest BCUT2D eigenvalue weighted by atomic mass is 16.2. The molecule has 5 heteroatoms. The monoisotopic (exact) mass is 418 g/mol. The number of amides is 1. The topological polar surface area (TPSA) is 80.0 Å². The molecule has 1 amide bonds. The Bertz CT molecular complexity index is 945. The van der Waals surface area contributed by atoms with Crippen molar-refractivity contribution >= 4 is 17.3 Å². The number of nitriles is 1. The van der Waals surface area contributed by atoms with E-state index in [1.54, 1.807) is 0 Å². The first-order chi connectivity index (χ1) is 14.9. The van der Waals surface area contributed by atoms with Crippen LogP contribution in [0.15, 0.2) is 18.2 Å². The molecule has 1 aromatic rings. The average molecular weight is 419 g/mol. The number of carbonyl (C=O) groups excluding carboxylic acids is 1. The molecule has 1 saturated heterocycles. The molecule has 5 unspecified atom stereocenters. The lowest BCUT2D eigenvalue weighted by Gasteiger charge is -2.56. The Kier molecular flexibility index (Phi) is 5.07. The fourth-order valence-corrected chi connectivity index (χ4v) is 6.69. The van der Waals surface area contributed by atoms with Gasteiger partial charge in [-0.25, -0.2) is 0 Å². The van der Waals surface area contributed by atoms with Crippen LogP contribution >= 0.6 is 0 Å². The summed E-state index contributed by atoms with van der Waals surface area (Å²) in [6.07, 6.45) is 7.82. The maximum absolute atomic E-state index is 13.4. The summed E-state index contributed by atoms with van der Waals surface area (Å²) in [5.41, 5.74) is 3.64. The van der Waals surface area contributed by atoms with Gasteiger partial charge in [0.05, 0.1) is 11.5 Å². The molecular formula is C26H34N4O. The minimum absolute atomic E-state index is 0.122. The first kappa shape index (κ1) is 20.5. The molecule has 3 bridgehead atoms. The standard InChI is InChI=1S/C26H34N4O/c1-16(25(28)24-21(17-6-7-17)4-3-5-22(24)29-2)10-23(31)30-14-18-8-9-26(15-27)12-19(18)11-20(30)13-26/h3-5,16-20,28-29H,6-14H2,1-2H3. The Hall–Kier alpha value is -2.35. The Morgan fingerprint density at radius 1 is 1.32 bits per heavy atom. The molecule has 1 aliphatic heterocycles. The van der Waals surface area contributed by atoms with E-state index in [0.717, 1.165) is 49.9 Å². The molecule has 2 N–H and O–H groups in total. The van der Waals surface area contributed by atoms with Crippen LogP contribution in [-0.2, 0) is 4.79 Å². The summed E-state index contributed by atoms with van der Waals surface area (Å²) >= 11 is 0. The maximum atomic E-state index is 13.4. The van der Waals surface area contributed by atoms with Crippen LogP contribution in [0.4, 0.5) is 5.69 Å². The summed E-state index contributed by atoms with van der Waals surface area (Å²) in [6.45, 7) is 2.88. The van der Waals surface area contributed by atoms with Gasteiger partial charge in [-0.15, -0.1) is 0 Å². The van der Waals surface area contributed by atoms with E-state index in [-0.39, 0.29) is 23.3 Å².